The molecule has 0 bridgehead atoms. The van der Waals surface area contributed by atoms with Crippen LogP contribution >= 0.6 is 22.9 Å². The molecule has 0 unspecified atom stereocenters. The monoisotopic (exact) mass is 388 g/mol. The number of thiophene rings is 1. The third-order valence-corrected chi connectivity index (χ3v) is 7.28. The second kappa shape index (κ2) is 6.79. The molecule has 2 aromatic rings. The molecule has 0 saturated carbocycles. The number of benzene rings is 1. The van der Waals surface area contributed by atoms with Crippen LogP contribution in [0.4, 0.5) is 4.39 Å². The molecule has 0 radical (unpaired) electrons. The van der Waals surface area contributed by atoms with Gasteiger partial charge in [-0.15, -0.1) is 11.3 Å². The maximum Gasteiger partial charge on any atom is 0.256 e. The lowest BCUT2D eigenvalue weighted by Gasteiger charge is -2.33. The standard InChI is InChI=1S/C15H14ClFN2O3S2/c16-11-3-4-12(13(17)10-11)15(20)18-5-7-19(8-6-18)24(21,22)14-2-1-9-23-14/h1-4,9-10H,5-8H2. The van der Waals surface area contributed by atoms with Crippen molar-refractivity contribution in [3.8, 4) is 0 Å². The van der Waals surface area contributed by atoms with Gasteiger partial charge in [0.1, 0.15) is 10.0 Å². The Morgan fingerprint density at radius 2 is 1.88 bits per heavy atom. The average molecular weight is 389 g/mol. The number of piperazine rings is 1. The molecule has 0 aliphatic carbocycles. The van der Waals surface area contributed by atoms with Gasteiger partial charge in [-0.05, 0) is 29.6 Å². The van der Waals surface area contributed by atoms with E-state index in [1.165, 1.54) is 21.3 Å². The van der Waals surface area contributed by atoms with E-state index >= 15 is 0 Å². The van der Waals surface area contributed by atoms with E-state index in [0.717, 1.165) is 17.4 Å². The maximum atomic E-state index is 13.9. The van der Waals surface area contributed by atoms with Gasteiger partial charge in [0.15, 0.2) is 0 Å². The minimum atomic E-state index is -3.52. The van der Waals surface area contributed by atoms with Crippen molar-refractivity contribution in [1.82, 2.24) is 9.21 Å². The van der Waals surface area contributed by atoms with E-state index in [-0.39, 0.29) is 41.0 Å². The summed E-state index contributed by atoms with van der Waals surface area (Å²) in [4.78, 5) is 13.8. The fourth-order valence-electron chi connectivity index (χ4n) is 2.50. The Morgan fingerprint density at radius 3 is 2.46 bits per heavy atom. The van der Waals surface area contributed by atoms with E-state index in [2.05, 4.69) is 0 Å². The molecule has 0 N–H and O–H groups in total. The van der Waals surface area contributed by atoms with E-state index in [1.807, 2.05) is 0 Å². The summed E-state index contributed by atoms with van der Waals surface area (Å²) < 4.78 is 40.4. The van der Waals surface area contributed by atoms with Gasteiger partial charge in [-0.3, -0.25) is 4.79 Å². The van der Waals surface area contributed by atoms with Gasteiger partial charge in [0.2, 0.25) is 0 Å². The molecule has 1 fully saturated rings. The summed E-state index contributed by atoms with van der Waals surface area (Å²) in [6, 6.07) is 7.12. The van der Waals surface area contributed by atoms with E-state index in [1.54, 1.807) is 17.5 Å². The Bertz CT molecular complexity index is 848. The summed E-state index contributed by atoms with van der Waals surface area (Å²) >= 11 is 6.85. The van der Waals surface area contributed by atoms with Gasteiger partial charge in [0.25, 0.3) is 15.9 Å². The summed E-state index contributed by atoms with van der Waals surface area (Å²) in [7, 11) is -3.52. The number of hydrogen-bond acceptors (Lipinski definition) is 4. The first-order chi connectivity index (χ1) is 11.4. The molecule has 24 heavy (non-hydrogen) atoms. The van der Waals surface area contributed by atoms with Gasteiger partial charge in [-0.25, -0.2) is 12.8 Å². The van der Waals surface area contributed by atoms with Gasteiger partial charge in [0, 0.05) is 31.2 Å². The van der Waals surface area contributed by atoms with Crippen LogP contribution in [-0.4, -0.2) is 49.7 Å². The fraction of sp³-hybridized carbons (Fsp3) is 0.267. The lowest BCUT2D eigenvalue weighted by atomic mass is 10.1. The van der Waals surface area contributed by atoms with Crippen molar-refractivity contribution in [3.05, 3.63) is 52.1 Å². The predicted octanol–water partition coefficient (Wildman–Crippen LogP) is 2.69. The van der Waals surface area contributed by atoms with Crippen molar-refractivity contribution in [2.45, 2.75) is 4.21 Å². The first kappa shape index (κ1) is 17.3. The molecule has 1 aromatic heterocycles. The molecule has 9 heteroatoms. The number of sulfonamides is 1. The minimum absolute atomic E-state index is 0.0611. The van der Waals surface area contributed by atoms with Gasteiger partial charge in [-0.1, -0.05) is 17.7 Å². The first-order valence-electron chi connectivity index (χ1n) is 7.17. The van der Waals surface area contributed by atoms with Crippen LogP contribution in [-0.2, 0) is 10.0 Å². The number of nitrogens with zero attached hydrogens (tertiary/aromatic N) is 2. The maximum absolute atomic E-state index is 13.9. The Balaban J connectivity index is 1.70. The molecule has 2 heterocycles. The van der Waals surface area contributed by atoms with Crippen LogP contribution in [0, 0.1) is 5.82 Å². The van der Waals surface area contributed by atoms with E-state index in [4.69, 9.17) is 11.6 Å². The molecule has 1 aliphatic heterocycles. The lowest BCUT2D eigenvalue weighted by molar-refractivity contribution is 0.0693. The third-order valence-electron chi connectivity index (χ3n) is 3.78. The molecular weight excluding hydrogens is 375 g/mol. The number of halogens is 2. The Morgan fingerprint density at radius 1 is 1.17 bits per heavy atom. The number of carbonyl (C=O) groups is 1. The normalized spacial score (nSPS) is 16.3. The zero-order valence-corrected chi connectivity index (χ0v) is 14.9. The molecule has 3 rings (SSSR count). The molecule has 1 amide bonds. The molecule has 0 spiro atoms. The van der Waals surface area contributed by atoms with Crippen LogP contribution in [0.2, 0.25) is 5.02 Å². The molecular formula is C15H14ClFN2O3S2. The summed E-state index contributed by atoms with van der Waals surface area (Å²) in [5, 5.41) is 1.92. The highest BCUT2D eigenvalue weighted by molar-refractivity contribution is 7.91. The van der Waals surface area contributed by atoms with Crippen LogP contribution in [0.5, 0.6) is 0 Å². The zero-order valence-electron chi connectivity index (χ0n) is 12.5. The quantitative estimate of drug-likeness (QED) is 0.812. The SMILES string of the molecule is O=C(c1ccc(Cl)cc1F)N1CCN(S(=O)(=O)c2cccs2)CC1. The van der Waals surface area contributed by atoms with E-state index < -0.39 is 21.7 Å². The molecule has 128 valence electrons. The highest BCUT2D eigenvalue weighted by Crippen LogP contribution is 2.23. The van der Waals surface area contributed by atoms with Gasteiger partial charge < -0.3 is 4.90 Å². The number of hydrogen-bond donors (Lipinski definition) is 0. The average Bonchev–Trinajstić information content (AvgIpc) is 3.10. The smallest absolute Gasteiger partial charge is 0.256 e. The van der Waals surface area contributed by atoms with Crippen molar-refractivity contribution in [2.75, 3.05) is 26.2 Å². The van der Waals surface area contributed by atoms with Crippen molar-refractivity contribution < 1.29 is 17.6 Å². The van der Waals surface area contributed by atoms with Crippen LogP contribution < -0.4 is 0 Å². The summed E-state index contributed by atoms with van der Waals surface area (Å²) in [5.41, 5.74) is -0.0611. The Hall–Kier alpha value is -1.48. The number of rotatable bonds is 3. The predicted molar refractivity (Wildman–Crippen MR) is 90.4 cm³/mol. The minimum Gasteiger partial charge on any atom is -0.336 e. The topological polar surface area (TPSA) is 57.7 Å². The van der Waals surface area contributed by atoms with Crippen LogP contribution in [0.15, 0.2) is 39.9 Å². The molecule has 1 saturated heterocycles. The number of carbonyl (C=O) groups excluding carboxylic acids is 1. The Kier molecular flexibility index (Phi) is 4.91. The van der Waals surface area contributed by atoms with Gasteiger partial charge in [0.05, 0.1) is 5.56 Å². The molecule has 1 aliphatic rings. The summed E-state index contributed by atoms with van der Waals surface area (Å²) in [5.74, 6) is -1.14. The first-order valence-corrected chi connectivity index (χ1v) is 9.87. The molecule has 5 nitrogen and oxygen atoms in total. The van der Waals surface area contributed by atoms with Crippen molar-refractivity contribution in [1.29, 1.82) is 0 Å². The summed E-state index contributed by atoms with van der Waals surface area (Å²) in [6.07, 6.45) is 0. The Labute approximate surface area is 148 Å². The highest BCUT2D eigenvalue weighted by atomic mass is 35.5. The number of amides is 1. The summed E-state index contributed by atoms with van der Waals surface area (Å²) in [6.45, 7) is 0.791. The van der Waals surface area contributed by atoms with Crippen LogP contribution in [0.3, 0.4) is 0 Å². The second-order valence-corrected chi connectivity index (χ2v) is 8.80. The second-order valence-electron chi connectivity index (χ2n) is 5.25. The lowest BCUT2D eigenvalue weighted by Crippen LogP contribution is -2.50. The van der Waals surface area contributed by atoms with Crippen molar-refractivity contribution >= 4 is 38.9 Å². The molecule has 0 atom stereocenters. The van der Waals surface area contributed by atoms with E-state index in [0.29, 0.717) is 0 Å². The molecule has 1 aromatic carbocycles. The van der Waals surface area contributed by atoms with Gasteiger partial charge in [-0.2, -0.15) is 4.31 Å². The van der Waals surface area contributed by atoms with Crippen LogP contribution in [0.25, 0.3) is 0 Å². The fourth-order valence-corrected chi connectivity index (χ4v) is 5.23. The third kappa shape index (κ3) is 3.32. The zero-order chi connectivity index (χ0) is 17.3. The van der Waals surface area contributed by atoms with Crippen molar-refractivity contribution in [2.24, 2.45) is 0 Å². The van der Waals surface area contributed by atoms with Gasteiger partial charge >= 0.3 is 0 Å². The largest absolute Gasteiger partial charge is 0.336 e. The van der Waals surface area contributed by atoms with Crippen LogP contribution in [0.1, 0.15) is 10.4 Å². The van der Waals surface area contributed by atoms with Crippen molar-refractivity contribution in [3.63, 3.8) is 0 Å². The van der Waals surface area contributed by atoms with E-state index in [9.17, 15) is 17.6 Å². The highest BCUT2D eigenvalue weighted by Gasteiger charge is 2.31.